The number of hydrogen-bond acceptors (Lipinski definition) is 5. The molecule has 0 atom stereocenters. The van der Waals surface area contributed by atoms with Crippen molar-refractivity contribution in [1.29, 1.82) is 0 Å². The van der Waals surface area contributed by atoms with Gasteiger partial charge in [-0.1, -0.05) is 23.7 Å². The number of anilines is 2. The fourth-order valence-electron chi connectivity index (χ4n) is 3.68. The van der Waals surface area contributed by atoms with E-state index in [0.29, 0.717) is 27.9 Å². The summed E-state index contributed by atoms with van der Waals surface area (Å²) in [6.45, 7) is 3.39. The molecule has 0 unspecified atom stereocenters. The predicted octanol–water partition coefficient (Wildman–Crippen LogP) is 5.98. The Bertz CT molecular complexity index is 1080. The van der Waals surface area contributed by atoms with Crippen molar-refractivity contribution in [2.75, 3.05) is 43.9 Å². The molecule has 0 aliphatic carbocycles. The molecule has 168 valence electrons. The predicted molar refractivity (Wildman–Crippen MR) is 130 cm³/mol. The second-order valence-electron chi connectivity index (χ2n) is 7.61. The Morgan fingerprint density at radius 2 is 1.91 bits per heavy atom. The number of nitrogens with one attached hydrogen (secondary N) is 2. The average Bonchev–Trinajstić information content (AvgIpc) is 3.46. The first kappa shape index (κ1) is 22.6. The van der Waals surface area contributed by atoms with Crippen molar-refractivity contribution >= 4 is 40.2 Å². The van der Waals surface area contributed by atoms with Gasteiger partial charge in [0.1, 0.15) is 11.5 Å². The molecule has 1 aliphatic heterocycles. The SMILES string of the molecule is CNc1cc(-c2ccc(Cl)cc2)sc1C(=O)Nc1ccc(OCCN2CCCC2)c(F)c1. The van der Waals surface area contributed by atoms with Crippen LogP contribution in [0.15, 0.2) is 48.5 Å². The first-order valence-electron chi connectivity index (χ1n) is 10.6. The second kappa shape index (κ2) is 10.3. The van der Waals surface area contributed by atoms with Crippen LogP contribution in [0.1, 0.15) is 22.5 Å². The molecule has 2 heterocycles. The second-order valence-corrected chi connectivity index (χ2v) is 9.10. The number of carbonyl (C=O) groups is 1. The zero-order chi connectivity index (χ0) is 22.5. The third kappa shape index (κ3) is 5.41. The smallest absolute Gasteiger partial charge is 0.267 e. The van der Waals surface area contributed by atoms with Gasteiger partial charge in [-0.3, -0.25) is 9.69 Å². The van der Waals surface area contributed by atoms with Gasteiger partial charge in [0.2, 0.25) is 0 Å². The summed E-state index contributed by atoms with van der Waals surface area (Å²) in [6.07, 6.45) is 2.42. The number of thiophene rings is 1. The molecule has 2 aromatic carbocycles. The molecule has 0 radical (unpaired) electrons. The molecule has 1 aromatic heterocycles. The summed E-state index contributed by atoms with van der Waals surface area (Å²) in [5.74, 6) is -0.605. The van der Waals surface area contributed by atoms with Crippen molar-refractivity contribution < 1.29 is 13.9 Å². The number of ether oxygens (including phenoxy) is 1. The Hall–Kier alpha value is -2.61. The topological polar surface area (TPSA) is 53.6 Å². The van der Waals surface area contributed by atoms with Crippen molar-refractivity contribution in [3.05, 3.63) is 64.2 Å². The van der Waals surface area contributed by atoms with E-state index in [9.17, 15) is 9.18 Å². The first-order chi connectivity index (χ1) is 15.5. The monoisotopic (exact) mass is 473 g/mol. The molecule has 4 rings (SSSR count). The number of carbonyl (C=O) groups excluding carboxylic acids is 1. The van der Waals surface area contributed by atoms with Crippen LogP contribution in [0, 0.1) is 5.82 Å². The van der Waals surface area contributed by atoms with Gasteiger partial charge >= 0.3 is 0 Å². The number of likely N-dealkylation sites (tertiary alicyclic amines) is 1. The summed E-state index contributed by atoms with van der Waals surface area (Å²) in [4.78, 5) is 16.6. The summed E-state index contributed by atoms with van der Waals surface area (Å²) >= 11 is 7.33. The minimum atomic E-state index is -0.494. The Morgan fingerprint density at radius 1 is 1.16 bits per heavy atom. The third-order valence-electron chi connectivity index (χ3n) is 5.39. The highest BCUT2D eigenvalue weighted by atomic mass is 35.5. The maximum absolute atomic E-state index is 14.5. The van der Waals surface area contributed by atoms with E-state index in [4.69, 9.17) is 16.3 Å². The average molecular weight is 474 g/mol. The molecule has 32 heavy (non-hydrogen) atoms. The Morgan fingerprint density at radius 3 is 2.59 bits per heavy atom. The molecule has 5 nitrogen and oxygen atoms in total. The van der Waals surface area contributed by atoms with Crippen LogP contribution in [0.2, 0.25) is 5.02 Å². The Labute approximate surface area is 196 Å². The lowest BCUT2D eigenvalue weighted by molar-refractivity contribution is 0.103. The molecule has 2 N–H and O–H groups in total. The van der Waals surface area contributed by atoms with Gasteiger partial charge in [0.15, 0.2) is 11.6 Å². The van der Waals surface area contributed by atoms with E-state index in [1.807, 2.05) is 30.3 Å². The number of nitrogens with zero attached hydrogens (tertiary/aromatic N) is 1. The van der Waals surface area contributed by atoms with Gasteiger partial charge in [0.25, 0.3) is 5.91 Å². The third-order valence-corrected chi connectivity index (χ3v) is 6.82. The van der Waals surface area contributed by atoms with Crippen LogP contribution in [0.3, 0.4) is 0 Å². The van der Waals surface area contributed by atoms with Gasteiger partial charge in [0, 0.05) is 35.2 Å². The summed E-state index contributed by atoms with van der Waals surface area (Å²) in [5, 5.41) is 6.49. The normalized spacial score (nSPS) is 13.8. The molecular weight excluding hydrogens is 449 g/mol. The summed E-state index contributed by atoms with van der Waals surface area (Å²) in [5.41, 5.74) is 2.05. The highest BCUT2D eigenvalue weighted by Gasteiger charge is 2.18. The van der Waals surface area contributed by atoms with E-state index in [1.165, 1.54) is 30.2 Å². The van der Waals surface area contributed by atoms with Gasteiger partial charge in [-0.05, 0) is 61.8 Å². The van der Waals surface area contributed by atoms with Crippen LogP contribution in [-0.2, 0) is 0 Å². The van der Waals surface area contributed by atoms with Crippen LogP contribution in [0.4, 0.5) is 15.8 Å². The lowest BCUT2D eigenvalue weighted by Gasteiger charge is -2.15. The molecule has 1 fully saturated rings. The van der Waals surface area contributed by atoms with Gasteiger partial charge in [-0.25, -0.2) is 4.39 Å². The van der Waals surface area contributed by atoms with Crippen LogP contribution < -0.4 is 15.4 Å². The van der Waals surface area contributed by atoms with Crippen LogP contribution in [0.25, 0.3) is 10.4 Å². The minimum absolute atomic E-state index is 0.194. The van der Waals surface area contributed by atoms with Gasteiger partial charge in [0.05, 0.1) is 5.69 Å². The zero-order valence-corrected chi connectivity index (χ0v) is 19.4. The molecule has 3 aromatic rings. The van der Waals surface area contributed by atoms with E-state index in [2.05, 4.69) is 15.5 Å². The Kier molecular flexibility index (Phi) is 7.29. The summed E-state index contributed by atoms with van der Waals surface area (Å²) in [6, 6.07) is 13.9. The number of amides is 1. The van der Waals surface area contributed by atoms with E-state index >= 15 is 0 Å². The van der Waals surface area contributed by atoms with E-state index < -0.39 is 5.82 Å². The van der Waals surface area contributed by atoms with Crippen LogP contribution in [-0.4, -0.2) is 44.1 Å². The Balaban J connectivity index is 1.41. The number of rotatable bonds is 8. The molecule has 8 heteroatoms. The van der Waals surface area contributed by atoms with Crippen LogP contribution in [0.5, 0.6) is 5.75 Å². The maximum atomic E-state index is 14.5. The van der Waals surface area contributed by atoms with Crippen molar-refractivity contribution in [3.8, 4) is 16.2 Å². The minimum Gasteiger partial charge on any atom is -0.489 e. The largest absolute Gasteiger partial charge is 0.489 e. The molecule has 1 aliphatic rings. The van der Waals surface area contributed by atoms with Gasteiger partial charge < -0.3 is 15.4 Å². The molecular formula is C24H25ClFN3O2S. The lowest BCUT2D eigenvalue weighted by atomic mass is 10.2. The van der Waals surface area contributed by atoms with E-state index in [0.717, 1.165) is 30.1 Å². The summed E-state index contributed by atoms with van der Waals surface area (Å²) in [7, 11) is 1.76. The number of hydrogen-bond donors (Lipinski definition) is 2. The molecule has 0 saturated carbocycles. The quantitative estimate of drug-likeness (QED) is 0.423. The van der Waals surface area contributed by atoms with Crippen molar-refractivity contribution in [2.24, 2.45) is 0 Å². The highest BCUT2D eigenvalue weighted by molar-refractivity contribution is 7.18. The van der Waals surface area contributed by atoms with Crippen molar-refractivity contribution in [3.63, 3.8) is 0 Å². The summed E-state index contributed by atoms with van der Waals surface area (Å²) < 4.78 is 20.1. The molecule has 1 amide bonds. The van der Waals surface area contributed by atoms with Crippen molar-refractivity contribution in [2.45, 2.75) is 12.8 Å². The molecule has 0 spiro atoms. The highest BCUT2D eigenvalue weighted by Crippen LogP contribution is 2.35. The number of benzene rings is 2. The zero-order valence-electron chi connectivity index (χ0n) is 17.8. The number of halogens is 2. The van der Waals surface area contributed by atoms with Crippen LogP contribution >= 0.6 is 22.9 Å². The van der Waals surface area contributed by atoms with E-state index in [-0.39, 0.29) is 11.7 Å². The standard InChI is InChI=1S/C24H25ClFN3O2S/c1-27-20-15-22(16-4-6-17(25)7-5-16)32-23(20)24(30)28-18-8-9-21(19(26)14-18)31-13-12-29-10-2-3-11-29/h4-9,14-15,27H,2-3,10-13H2,1H3,(H,28,30). The molecule has 1 saturated heterocycles. The maximum Gasteiger partial charge on any atom is 0.267 e. The van der Waals surface area contributed by atoms with Gasteiger partial charge in [-0.15, -0.1) is 11.3 Å². The van der Waals surface area contributed by atoms with Gasteiger partial charge in [-0.2, -0.15) is 0 Å². The fraction of sp³-hybridized carbons (Fsp3) is 0.292. The fourth-order valence-corrected chi connectivity index (χ4v) is 4.87. The van der Waals surface area contributed by atoms with Crippen molar-refractivity contribution in [1.82, 2.24) is 4.90 Å². The molecule has 0 bridgehead atoms. The van der Waals surface area contributed by atoms with E-state index in [1.54, 1.807) is 19.2 Å². The lowest BCUT2D eigenvalue weighted by Crippen LogP contribution is -2.25. The first-order valence-corrected chi connectivity index (χ1v) is 11.8.